The van der Waals surface area contributed by atoms with Crippen LogP contribution in [0.15, 0.2) is 58.1 Å². The molecular weight excluding hydrogens is 370 g/mol. The van der Waals surface area contributed by atoms with Crippen molar-refractivity contribution in [3.63, 3.8) is 0 Å². The van der Waals surface area contributed by atoms with Gasteiger partial charge < -0.3 is 10.1 Å². The molecule has 2 rings (SSSR count). The molecule has 0 fully saturated rings. The molecule has 0 heterocycles. The lowest BCUT2D eigenvalue weighted by atomic mass is 10.2. The highest BCUT2D eigenvalue weighted by atomic mass is 79.9. The zero-order valence-corrected chi connectivity index (χ0v) is 14.4. The number of rotatable bonds is 7. The molecule has 2 N–H and O–H groups in total. The third-order valence-corrected chi connectivity index (χ3v) is 3.40. The second-order valence-corrected chi connectivity index (χ2v) is 5.60. The average Bonchev–Trinajstić information content (AvgIpc) is 2.60. The molecule has 1 amide bonds. The minimum absolute atomic E-state index is 0.125. The number of anilines is 1. The van der Waals surface area contributed by atoms with E-state index in [-0.39, 0.29) is 19.1 Å². The van der Waals surface area contributed by atoms with Gasteiger partial charge in [0.15, 0.2) is 0 Å². The highest BCUT2D eigenvalue weighted by Gasteiger charge is 2.03. The fraction of sp³-hybridized carbons (Fsp3) is 0.111. The number of terminal acetylenes is 1. The Labute approximate surface area is 149 Å². The number of nitrogens with zero attached hydrogens (tertiary/aromatic N) is 1. The Balaban J connectivity index is 1.90. The van der Waals surface area contributed by atoms with Crippen LogP contribution in [0.4, 0.5) is 5.69 Å². The second kappa shape index (κ2) is 9.38. The van der Waals surface area contributed by atoms with Crippen LogP contribution >= 0.6 is 15.9 Å². The van der Waals surface area contributed by atoms with Gasteiger partial charge in [-0.1, -0.05) is 40.0 Å². The molecule has 0 aromatic heterocycles. The van der Waals surface area contributed by atoms with Crippen LogP contribution in [0.1, 0.15) is 5.56 Å². The summed E-state index contributed by atoms with van der Waals surface area (Å²) in [6.45, 7) is 0.288. The minimum atomic E-state index is -0.254. The van der Waals surface area contributed by atoms with Crippen LogP contribution in [0.3, 0.4) is 0 Å². The van der Waals surface area contributed by atoms with Gasteiger partial charge >= 0.3 is 0 Å². The molecule has 0 aliphatic heterocycles. The number of carbonyl (C=O) groups is 1. The predicted molar refractivity (Wildman–Crippen MR) is 99.1 cm³/mol. The van der Waals surface area contributed by atoms with E-state index in [4.69, 9.17) is 11.2 Å². The number of para-hydroxylation sites is 1. The number of halogens is 1. The Morgan fingerprint density at radius 2 is 2.08 bits per heavy atom. The molecule has 5 nitrogen and oxygen atoms in total. The monoisotopic (exact) mass is 385 g/mol. The fourth-order valence-corrected chi connectivity index (χ4v) is 2.20. The summed E-state index contributed by atoms with van der Waals surface area (Å²) in [6, 6.07) is 14.9. The van der Waals surface area contributed by atoms with Crippen molar-refractivity contribution in [1.82, 2.24) is 5.43 Å². The molecule has 0 aliphatic rings. The van der Waals surface area contributed by atoms with Gasteiger partial charge in [0, 0.05) is 15.7 Å². The lowest BCUT2D eigenvalue weighted by Crippen LogP contribution is -2.25. The van der Waals surface area contributed by atoms with Crippen LogP contribution in [-0.2, 0) is 4.79 Å². The number of nitrogens with one attached hydrogen (secondary N) is 2. The molecule has 0 saturated heterocycles. The van der Waals surface area contributed by atoms with Crippen molar-refractivity contribution in [2.75, 3.05) is 18.5 Å². The summed E-state index contributed by atoms with van der Waals surface area (Å²) in [7, 11) is 0. The zero-order chi connectivity index (χ0) is 17.2. The number of carbonyl (C=O) groups excluding carboxylic acids is 1. The lowest BCUT2D eigenvalue weighted by Gasteiger charge is -2.07. The van der Waals surface area contributed by atoms with Crippen molar-refractivity contribution in [3.05, 3.63) is 58.6 Å². The van der Waals surface area contributed by atoms with Crippen LogP contribution in [0.2, 0.25) is 0 Å². The maximum Gasteiger partial charge on any atom is 0.259 e. The first-order valence-electron chi connectivity index (χ1n) is 7.15. The average molecular weight is 386 g/mol. The molecule has 0 spiro atoms. The Morgan fingerprint density at radius 3 is 2.83 bits per heavy atom. The van der Waals surface area contributed by atoms with Crippen LogP contribution in [0.5, 0.6) is 5.75 Å². The lowest BCUT2D eigenvalue weighted by molar-refractivity contribution is -0.119. The Bertz CT molecular complexity index is 755. The molecule has 24 heavy (non-hydrogen) atoms. The van der Waals surface area contributed by atoms with Gasteiger partial charge in [-0.3, -0.25) is 4.79 Å². The molecule has 0 bridgehead atoms. The van der Waals surface area contributed by atoms with E-state index in [1.165, 1.54) is 6.21 Å². The highest BCUT2D eigenvalue weighted by molar-refractivity contribution is 9.10. The normalized spacial score (nSPS) is 10.2. The van der Waals surface area contributed by atoms with Crippen molar-refractivity contribution >= 4 is 33.7 Å². The van der Waals surface area contributed by atoms with E-state index in [0.717, 1.165) is 10.2 Å². The van der Waals surface area contributed by atoms with Crippen LogP contribution < -0.4 is 15.5 Å². The topological polar surface area (TPSA) is 62.7 Å². The fourth-order valence-electron chi connectivity index (χ4n) is 1.82. The SMILES string of the molecule is C#CCOc1ccc(Br)cc1/C=N\NC(=O)CNc1ccccc1. The van der Waals surface area contributed by atoms with Crippen molar-refractivity contribution in [2.24, 2.45) is 5.10 Å². The standard InChI is InChI=1S/C18H16BrN3O2/c1-2-10-24-17-9-8-15(19)11-14(17)12-21-22-18(23)13-20-16-6-4-3-5-7-16/h1,3-9,11-12,20H,10,13H2,(H,22,23)/b21-12-. The highest BCUT2D eigenvalue weighted by Crippen LogP contribution is 2.21. The predicted octanol–water partition coefficient (Wildman–Crippen LogP) is 3.02. The Kier molecular flexibility index (Phi) is 6.87. The van der Waals surface area contributed by atoms with Crippen molar-refractivity contribution < 1.29 is 9.53 Å². The van der Waals surface area contributed by atoms with Crippen molar-refractivity contribution in [2.45, 2.75) is 0 Å². The van der Waals surface area contributed by atoms with Gasteiger partial charge in [0.1, 0.15) is 12.4 Å². The largest absolute Gasteiger partial charge is 0.480 e. The molecule has 0 atom stereocenters. The van der Waals surface area contributed by atoms with Gasteiger partial charge in [0.25, 0.3) is 5.91 Å². The first kappa shape index (κ1) is 17.6. The van der Waals surface area contributed by atoms with E-state index in [2.05, 4.69) is 37.7 Å². The number of ether oxygens (including phenoxy) is 1. The molecule has 0 aliphatic carbocycles. The first-order valence-corrected chi connectivity index (χ1v) is 7.95. The maximum absolute atomic E-state index is 11.8. The summed E-state index contributed by atoms with van der Waals surface area (Å²) in [5, 5.41) is 6.95. The van der Waals surface area contributed by atoms with Gasteiger partial charge in [0.2, 0.25) is 0 Å². The third-order valence-electron chi connectivity index (χ3n) is 2.90. The van der Waals surface area contributed by atoms with Crippen LogP contribution in [0, 0.1) is 12.3 Å². The van der Waals surface area contributed by atoms with E-state index in [1.54, 1.807) is 6.07 Å². The molecule has 0 unspecified atom stereocenters. The van der Waals surface area contributed by atoms with Crippen molar-refractivity contribution in [3.8, 4) is 18.1 Å². The Morgan fingerprint density at radius 1 is 1.29 bits per heavy atom. The molecule has 2 aromatic rings. The molecule has 2 aromatic carbocycles. The summed E-state index contributed by atoms with van der Waals surface area (Å²) in [5.74, 6) is 2.75. The summed E-state index contributed by atoms with van der Waals surface area (Å²) in [6.07, 6.45) is 6.71. The first-order chi connectivity index (χ1) is 11.7. The number of hydrogen-bond acceptors (Lipinski definition) is 4. The van der Waals surface area contributed by atoms with E-state index >= 15 is 0 Å². The smallest absolute Gasteiger partial charge is 0.259 e. The van der Waals surface area contributed by atoms with Gasteiger partial charge in [-0.05, 0) is 30.3 Å². The zero-order valence-electron chi connectivity index (χ0n) is 12.8. The second-order valence-electron chi connectivity index (χ2n) is 4.69. The maximum atomic E-state index is 11.8. The molecular formula is C18H16BrN3O2. The number of amides is 1. The van der Waals surface area contributed by atoms with Crippen LogP contribution in [0.25, 0.3) is 0 Å². The molecule has 122 valence electrons. The quantitative estimate of drug-likeness (QED) is 0.437. The summed E-state index contributed by atoms with van der Waals surface area (Å²) in [4.78, 5) is 11.8. The van der Waals surface area contributed by atoms with Gasteiger partial charge in [0.05, 0.1) is 12.8 Å². The molecule has 0 saturated carbocycles. The third kappa shape index (κ3) is 5.78. The van der Waals surface area contributed by atoms with Gasteiger partial charge in [-0.2, -0.15) is 5.10 Å². The van der Waals surface area contributed by atoms with Crippen molar-refractivity contribution in [1.29, 1.82) is 0 Å². The number of benzene rings is 2. The summed E-state index contributed by atoms with van der Waals surface area (Å²) < 4.78 is 6.30. The number of hydrogen-bond donors (Lipinski definition) is 2. The summed E-state index contributed by atoms with van der Waals surface area (Å²) >= 11 is 3.38. The van der Waals surface area contributed by atoms with E-state index < -0.39 is 0 Å². The van der Waals surface area contributed by atoms with Gasteiger partial charge in [-0.15, -0.1) is 6.42 Å². The van der Waals surface area contributed by atoms with Crippen LogP contribution in [-0.4, -0.2) is 25.3 Å². The van der Waals surface area contributed by atoms with E-state index in [0.29, 0.717) is 11.3 Å². The molecule has 0 radical (unpaired) electrons. The van der Waals surface area contributed by atoms with E-state index in [9.17, 15) is 4.79 Å². The minimum Gasteiger partial charge on any atom is -0.480 e. The van der Waals surface area contributed by atoms with E-state index in [1.807, 2.05) is 42.5 Å². The summed E-state index contributed by atoms with van der Waals surface area (Å²) in [5.41, 5.74) is 4.03. The number of hydrazone groups is 1. The Hall–Kier alpha value is -2.78. The van der Waals surface area contributed by atoms with Gasteiger partial charge in [-0.25, -0.2) is 5.43 Å². The molecule has 6 heteroatoms.